The highest BCUT2D eigenvalue weighted by molar-refractivity contribution is 9.10. The Morgan fingerprint density at radius 1 is 1.23 bits per heavy atom. The first-order valence-electron chi connectivity index (χ1n) is 7.74. The number of amides is 1. The fraction of sp³-hybridized carbons (Fsp3) is 0.167. The quantitative estimate of drug-likeness (QED) is 0.637. The molecule has 0 fully saturated rings. The van der Waals surface area contributed by atoms with Crippen molar-refractivity contribution in [2.75, 3.05) is 0 Å². The van der Waals surface area contributed by atoms with Crippen molar-refractivity contribution in [3.05, 3.63) is 73.2 Å². The van der Waals surface area contributed by atoms with Crippen LogP contribution in [0.15, 0.2) is 52.0 Å². The zero-order valence-corrected chi connectivity index (χ0v) is 16.8. The summed E-state index contributed by atoms with van der Waals surface area (Å²) in [4.78, 5) is 29.1. The number of hydrogen-bond acceptors (Lipinski definition) is 3. The summed E-state index contributed by atoms with van der Waals surface area (Å²) in [5.41, 5.74) is 1.13. The zero-order chi connectivity index (χ0) is 18.8. The summed E-state index contributed by atoms with van der Waals surface area (Å²) >= 11 is 15.3. The van der Waals surface area contributed by atoms with E-state index in [1.54, 1.807) is 30.3 Å². The molecule has 0 aliphatic heterocycles. The van der Waals surface area contributed by atoms with Gasteiger partial charge in [0.15, 0.2) is 0 Å². The van der Waals surface area contributed by atoms with Crippen LogP contribution in [-0.2, 0) is 11.3 Å². The molecule has 3 rings (SSSR count). The summed E-state index contributed by atoms with van der Waals surface area (Å²) in [7, 11) is 0. The van der Waals surface area contributed by atoms with Crippen LogP contribution in [0.2, 0.25) is 10.0 Å². The van der Waals surface area contributed by atoms with Crippen LogP contribution in [0.1, 0.15) is 18.5 Å². The maximum Gasteiger partial charge on any atom is 0.261 e. The van der Waals surface area contributed by atoms with Crippen molar-refractivity contribution < 1.29 is 4.79 Å². The molecule has 1 N–H and O–H groups in total. The van der Waals surface area contributed by atoms with Gasteiger partial charge in [-0.3, -0.25) is 14.2 Å². The molecule has 8 heteroatoms. The van der Waals surface area contributed by atoms with E-state index < -0.39 is 0 Å². The lowest BCUT2D eigenvalue weighted by atomic mass is 10.1. The van der Waals surface area contributed by atoms with Crippen molar-refractivity contribution >= 4 is 55.9 Å². The summed E-state index contributed by atoms with van der Waals surface area (Å²) in [5.74, 6) is -0.304. The highest BCUT2D eigenvalue weighted by Crippen LogP contribution is 2.25. The number of aromatic nitrogens is 2. The number of carbonyl (C=O) groups excluding carboxylic acids is 1. The van der Waals surface area contributed by atoms with Gasteiger partial charge >= 0.3 is 0 Å². The molecule has 1 amide bonds. The van der Waals surface area contributed by atoms with E-state index in [1.807, 2.05) is 13.0 Å². The van der Waals surface area contributed by atoms with Crippen molar-refractivity contribution in [2.45, 2.75) is 19.5 Å². The summed E-state index contributed by atoms with van der Waals surface area (Å²) in [5, 5.41) is 4.17. The van der Waals surface area contributed by atoms with Gasteiger partial charge in [-0.25, -0.2) is 4.98 Å². The number of carbonyl (C=O) groups is 1. The first kappa shape index (κ1) is 18.9. The van der Waals surface area contributed by atoms with Crippen molar-refractivity contribution in [1.29, 1.82) is 0 Å². The van der Waals surface area contributed by atoms with Gasteiger partial charge in [0.1, 0.15) is 6.54 Å². The molecule has 0 aliphatic rings. The molecule has 3 aromatic rings. The van der Waals surface area contributed by atoms with Crippen LogP contribution in [0, 0.1) is 0 Å². The van der Waals surface area contributed by atoms with Gasteiger partial charge < -0.3 is 5.32 Å². The van der Waals surface area contributed by atoms with E-state index in [0.717, 1.165) is 10.0 Å². The van der Waals surface area contributed by atoms with Crippen molar-refractivity contribution in [2.24, 2.45) is 0 Å². The number of hydrogen-bond donors (Lipinski definition) is 1. The smallest absolute Gasteiger partial charge is 0.261 e. The van der Waals surface area contributed by atoms with Gasteiger partial charge in [0.2, 0.25) is 5.91 Å². The predicted octanol–water partition coefficient (Wildman–Crippen LogP) is 4.34. The van der Waals surface area contributed by atoms with Gasteiger partial charge in [0, 0.05) is 4.47 Å². The Balaban J connectivity index is 1.77. The van der Waals surface area contributed by atoms with Crippen LogP contribution in [0.4, 0.5) is 0 Å². The molecule has 1 atom stereocenters. The minimum absolute atomic E-state index is 0.125. The largest absolute Gasteiger partial charge is 0.348 e. The number of nitrogens with one attached hydrogen (secondary N) is 1. The lowest BCUT2D eigenvalue weighted by Gasteiger charge is -2.15. The number of rotatable bonds is 4. The molecule has 134 valence electrons. The first-order chi connectivity index (χ1) is 12.3. The molecule has 1 unspecified atom stereocenters. The fourth-order valence-electron chi connectivity index (χ4n) is 2.55. The Bertz CT molecular complexity index is 1050. The molecule has 0 aliphatic carbocycles. The van der Waals surface area contributed by atoms with Crippen molar-refractivity contribution in [1.82, 2.24) is 14.9 Å². The van der Waals surface area contributed by atoms with Crippen molar-refractivity contribution in [3.63, 3.8) is 0 Å². The third-order valence-electron chi connectivity index (χ3n) is 3.92. The predicted molar refractivity (Wildman–Crippen MR) is 107 cm³/mol. The van der Waals surface area contributed by atoms with Gasteiger partial charge in [-0.15, -0.1) is 0 Å². The van der Waals surface area contributed by atoms with E-state index in [-0.39, 0.29) is 24.1 Å². The fourth-order valence-corrected chi connectivity index (χ4v) is 3.22. The number of fused-ring (bicyclic) bond motifs is 1. The maximum absolute atomic E-state index is 12.5. The monoisotopic (exact) mass is 453 g/mol. The van der Waals surface area contributed by atoms with E-state index in [4.69, 9.17) is 23.2 Å². The van der Waals surface area contributed by atoms with Gasteiger partial charge in [-0.2, -0.15) is 0 Å². The highest BCUT2D eigenvalue weighted by atomic mass is 79.9. The molecule has 0 spiro atoms. The van der Waals surface area contributed by atoms with Gasteiger partial charge in [-0.05, 0) is 42.8 Å². The Morgan fingerprint density at radius 2 is 2.00 bits per heavy atom. The number of nitrogens with zero attached hydrogens (tertiary/aromatic N) is 2. The topological polar surface area (TPSA) is 64.0 Å². The van der Waals surface area contributed by atoms with Crippen molar-refractivity contribution in [3.8, 4) is 0 Å². The van der Waals surface area contributed by atoms with E-state index in [0.29, 0.717) is 20.9 Å². The lowest BCUT2D eigenvalue weighted by Crippen LogP contribution is -2.34. The molecular formula is C18H14BrCl2N3O2. The average molecular weight is 455 g/mol. The van der Waals surface area contributed by atoms with Gasteiger partial charge in [0.05, 0.1) is 33.3 Å². The Hall–Kier alpha value is -1.89. The van der Waals surface area contributed by atoms with E-state index in [2.05, 4.69) is 26.2 Å². The van der Waals surface area contributed by atoms with Crippen LogP contribution < -0.4 is 10.9 Å². The Kier molecular flexibility index (Phi) is 5.65. The van der Waals surface area contributed by atoms with Gasteiger partial charge in [0.25, 0.3) is 5.56 Å². The SMILES string of the molecule is CC(NC(=O)Cn1cnc2ccc(Br)cc2c1=O)c1ccc(Cl)c(Cl)c1. The standard InChI is InChI=1S/C18H14BrCl2N3O2/c1-10(11-2-4-14(20)15(21)6-11)23-17(25)8-24-9-22-16-5-3-12(19)7-13(16)18(24)26/h2-7,9-10H,8H2,1H3,(H,23,25). The second-order valence-corrected chi connectivity index (χ2v) is 7.53. The third-order valence-corrected chi connectivity index (χ3v) is 5.15. The van der Waals surface area contributed by atoms with E-state index in [9.17, 15) is 9.59 Å². The van der Waals surface area contributed by atoms with E-state index in [1.165, 1.54) is 10.9 Å². The minimum atomic E-state index is -0.304. The molecular weight excluding hydrogens is 441 g/mol. The first-order valence-corrected chi connectivity index (χ1v) is 9.29. The van der Waals surface area contributed by atoms with Gasteiger partial charge in [-0.1, -0.05) is 45.2 Å². The second-order valence-electron chi connectivity index (χ2n) is 5.80. The summed E-state index contributed by atoms with van der Waals surface area (Å²) in [6.07, 6.45) is 1.38. The Morgan fingerprint density at radius 3 is 2.73 bits per heavy atom. The molecule has 1 aromatic heterocycles. The summed E-state index contributed by atoms with van der Waals surface area (Å²) < 4.78 is 2.06. The van der Waals surface area contributed by atoms with Crippen LogP contribution in [0.5, 0.6) is 0 Å². The minimum Gasteiger partial charge on any atom is -0.348 e. The molecule has 26 heavy (non-hydrogen) atoms. The normalized spacial score (nSPS) is 12.2. The number of halogens is 3. The molecule has 0 bridgehead atoms. The molecule has 0 saturated carbocycles. The zero-order valence-electron chi connectivity index (χ0n) is 13.7. The maximum atomic E-state index is 12.5. The lowest BCUT2D eigenvalue weighted by molar-refractivity contribution is -0.122. The van der Waals surface area contributed by atoms with Crippen LogP contribution >= 0.6 is 39.1 Å². The highest BCUT2D eigenvalue weighted by Gasteiger charge is 2.13. The molecule has 1 heterocycles. The summed E-state index contributed by atoms with van der Waals surface area (Å²) in [6.45, 7) is 1.70. The average Bonchev–Trinajstić information content (AvgIpc) is 2.60. The van der Waals surface area contributed by atoms with E-state index >= 15 is 0 Å². The second kappa shape index (κ2) is 7.78. The molecule has 2 aromatic carbocycles. The Labute approximate surface area is 168 Å². The molecule has 0 saturated heterocycles. The van der Waals surface area contributed by atoms with Crippen LogP contribution in [-0.4, -0.2) is 15.5 Å². The van der Waals surface area contributed by atoms with Crippen LogP contribution in [0.25, 0.3) is 10.9 Å². The summed E-state index contributed by atoms with van der Waals surface area (Å²) in [6, 6.07) is 10.1. The molecule has 0 radical (unpaired) electrons. The molecule has 5 nitrogen and oxygen atoms in total. The number of benzene rings is 2. The third kappa shape index (κ3) is 4.09. The van der Waals surface area contributed by atoms with Crippen LogP contribution in [0.3, 0.4) is 0 Å².